The Morgan fingerprint density at radius 1 is 1.12 bits per heavy atom. The Labute approximate surface area is 248 Å². The summed E-state index contributed by atoms with van der Waals surface area (Å²) in [5.41, 5.74) is 3.41. The number of hydrogen-bond acceptors (Lipinski definition) is 7. The summed E-state index contributed by atoms with van der Waals surface area (Å²) < 4.78 is 28.1. The number of ether oxygens (including phenoxy) is 2. The SMILES string of the molecule is N#Cc1ccc(COc2cccc(C3CCN(C4(c5nc6ccc(C(=O)O)cc6n5CC5CCO5)CC4)CC3)n2)c(F)c1. The predicted molar refractivity (Wildman–Crippen MR) is 155 cm³/mol. The summed E-state index contributed by atoms with van der Waals surface area (Å²) in [5, 5.41) is 18.6. The van der Waals surface area contributed by atoms with Gasteiger partial charge in [-0.25, -0.2) is 19.2 Å². The lowest BCUT2D eigenvalue weighted by Crippen LogP contribution is -2.43. The van der Waals surface area contributed by atoms with Crippen molar-refractivity contribution in [2.45, 2.75) is 62.8 Å². The van der Waals surface area contributed by atoms with Crippen molar-refractivity contribution in [1.29, 1.82) is 5.26 Å². The van der Waals surface area contributed by atoms with Gasteiger partial charge < -0.3 is 19.1 Å². The number of fused-ring (bicyclic) bond motifs is 1. The molecule has 2 aliphatic heterocycles. The molecule has 4 aromatic rings. The maximum absolute atomic E-state index is 14.3. The second-order valence-corrected chi connectivity index (χ2v) is 11.7. The summed E-state index contributed by atoms with van der Waals surface area (Å²) >= 11 is 0. The number of likely N-dealkylation sites (tertiary alicyclic amines) is 1. The number of benzene rings is 2. The molecule has 4 heterocycles. The molecule has 9 nitrogen and oxygen atoms in total. The first-order valence-corrected chi connectivity index (χ1v) is 14.8. The predicted octanol–water partition coefficient (Wildman–Crippen LogP) is 5.38. The Morgan fingerprint density at radius 3 is 2.60 bits per heavy atom. The molecule has 0 bridgehead atoms. The van der Waals surface area contributed by atoms with Crippen molar-refractivity contribution in [3.8, 4) is 11.9 Å². The van der Waals surface area contributed by atoms with Crippen molar-refractivity contribution in [3.63, 3.8) is 0 Å². The van der Waals surface area contributed by atoms with Crippen molar-refractivity contribution in [2.75, 3.05) is 19.7 Å². The fourth-order valence-electron chi connectivity index (χ4n) is 6.46. The fraction of sp³-hybridized carbons (Fsp3) is 0.394. The number of aromatic nitrogens is 3. The average molecular weight is 582 g/mol. The summed E-state index contributed by atoms with van der Waals surface area (Å²) in [7, 11) is 0. The van der Waals surface area contributed by atoms with Crippen molar-refractivity contribution in [1.82, 2.24) is 19.4 Å². The first-order chi connectivity index (χ1) is 20.9. The monoisotopic (exact) mass is 581 g/mol. The van der Waals surface area contributed by atoms with E-state index in [9.17, 15) is 14.3 Å². The minimum absolute atomic E-state index is 0.0375. The molecule has 0 amide bonds. The topological polar surface area (TPSA) is 114 Å². The highest BCUT2D eigenvalue weighted by Gasteiger charge is 2.53. The third kappa shape index (κ3) is 5.24. The highest BCUT2D eigenvalue weighted by atomic mass is 19.1. The summed E-state index contributed by atoms with van der Waals surface area (Å²) in [5.74, 6) is 0.344. The summed E-state index contributed by atoms with van der Waals surface area (Å²) in [6, 6.07) is 17.2. The van der Waals surface area contributed by atoms with E-state index in [0.29, 0.717) is 18.0 Å². The van der Waals surface area contributed by atoms with Crippen LogP contribution in [0.2, 0.25) is 0 Å². The number of carboxylic acids is 1. The quantitative estimate of drug-likeness (QED) is 0.281. The van der Waals surface area contributed by atoms with E-state index in [-0.39, 0.29) is 35.3 Å². The molecule has 2 saturated heterocycles. The zero-order chi connectivity index (χ0) is 29.6. The lowest BCUT2D eigenvalue weighted by Gasteiger charge is -2.38. The maximum Gasteiger partial charge on any atom is 0.335 e. The van der Waals surface area contributed by atoms with Gasteiger partial charge in [-0.05, 0) is 81.6 Å². The number of rotatable bonds is 9. The highest BCUT2D eigenvalue weighted by molar-refractivity contribution is 5.92. The van der Waals surface area contributed by atoms with E-state index in [4.69, 9.17) is 24.7 Å². The number of pyridine rings is 1. The fourth-order valence-corrected chi connectivity index (χ4v) is 6.46. The number of carbonyl (C=O) groups is 1. The van der Waals surface area contributed by atoms with Crippen LogP contribution in [0.1, 0.15) is 71.0 Å². The summed E-state index contributed by atoms with van der Waals surface area (Å²) in [6.45, 7) is 3.28. The lowest BCUT2D eigenvalue weighted by molar-refractivity contribution is -0.0596. The van der Waals surface area contributed by atoms with E-state index < -0.39 is 11.8 Å². The maximum atomic E-state index is 14.3. The summed E-state index contributed by atoms with van der Waals surface area (Å²) in [4.78, 5) is 24.1. The van der Waals surface area contributed by atoms with Gasteiger partial charge >= 0.3 is 5.97 Å². The normalized spacial score (nSPS) is 20.0. The Bertz CT molecular complexity index is 1730. The molecule has 3 fully saturated rings. The molecule has 1 aliphatic carbocycles. The smallest absolute Gasteiger partial charge is 0.335 e. The first-order valence-electron chi connectivity index (χ1n) is 14.8. The molecule has 1 atom stereocenters. The van der Waals surface area contributed by atoms with Crippen molar-refractivity contribution < 1.29 is 23.8 Å². The number of nitrogens with zero attached hydrogens (tertiary/aromatic N) is 5. The third-order valence-corrected chi connectivity index (χ3v) is 9.14. The molecule has 7 rings (SSSR count). The van der Waals surface area contributed by atoms with Gasteiger partial charge in [-0.2, -0.15) is 5.26 Å². The van der Waals surface area contributed by atoms with Crippen LogP contribution in [-0.4, -0.2) is 56.3 Å². The minimum Gasteiger partial charge on any atom is -0.478 e. The largest absolute Gasteiger partial charge is 0.478 e. The van der Waals surface area contributed by atoms with E-state index in [2.05, 4.69) is 9.47 Å². The number of halogens is 1. The van der Waals surface area contributed by atoms with Gasteiger partial charge in [-0.1, -0.05) is 12.1 Å². The van der Waals surface area contributed by atoms with Crippen LogP contribution in [0.15, 0.2) is 54.6 Å². The van der Waals surface area contributed by atoms with Crippen LogP contribution in [0.4, 0.5) is 4.39 Å². The number of imidazole rings is 1. The second kappa shape index (κ2) is 11.1. The average Bonchev–Trinajstić information content (AvgIpc) is 3.73. The molecule has 10 heteroatoms. The van der Waals surface area contributed by atoms with E-state index in [0.717, 1.165) is 74.4 Å². The molecule has 0 spiro atoms. The molecular formula is C33H32FN5O4. The number of carboxylic acid groups (broad SMARTS) is 1. The van der Waals surface area contributed by atoms with Crippen LogP contribution >= 0.6 is 0 Å². The van der Waals surface area contributed by atoms with Crippen molar-refractivity contribution in [3.05, 3.63) is 88.6 Å². The van der Waals surface area contributed by atoms with Gasteiger partial charge in [0.2, 0.25) is 5.88 Å². The molecule has 43 heavy (non-hydrogen) atoms. The molecule has 1 unspecified atom stereocenters. The number of piperidine rings is 1. The van der Waals surface area contributed by atoms with E-state index in [1.807, 2.05) is 24.3 Å². The Kier molecular flexibility index (Phi) is 7.07. The van der Waals surface area contributed by atoms with Crippen molar-refractivity contribution in [2.24, 2.45) is 0 Å². The first kappa shape index (κ1) is 27.5. The number of aromatic carboxylic acids is 1. The molecule has 3 aliphatic rings. The highest BCUT2D eigenvalue weighted by Crippen LogP contribution is 2.53. The summed E-state index contributed by atoms with van der Waals surface area (Å²) in [6.07, 6.45) is 5.04. The van der Waals surface area contributed by atoms with Crippen LogP contribution in [0.5, 0.6) is 5.88 Å². The molecule has 1 N–H and O–H groups in total. The van der Waals surface area contributed by atoms with Gasteiger partial charge in [0.1, 0.15) is 18.2 Å². The lowest BCUT2D eigenvalue weighted by atomic mass is 9.91. The van der Waals surface area contributed by atoms with Gasteiger partial charge in [-0.3, -0.25) is 4.90 Å². The van der Waals surface area contributed by atoms with Crippen LogP contribution in [0.3, 0.4) is 0 Å². The van der Waals surface area contributed by atoms with Crippen LogP contribution in [0, 0.1) is 17.1 Å². The van der Waals surface area contributed by atoms with Gasteiger partial charge in [0, 0.05) is 29.8 Å². The van der Waals surface area contributed by atoms with Gasteiger partial charge in [-0.15, -0.1) is 0 Å². The van der Waals surface area contributed by atoms with Crippen LogP contribution in [-0.2, 0) is 23.4 Å². The zero-order valence-electron chi connectivity index (χ0n) is 23.7. The number of hydrogen-bond donors (Lipinski definition) is 1. The van der Waals surface area contributed by atoms with Gasteiger partial charge in [0.05, 0.1) is 46.4 Å². The van der Waals surface area contributed by atoms with E-state index in [1.165, 1.54) is 6.07 Å². The molecule has 0 radical (unpaired) electrons. The van der Waals surface area contributed by atoms with Crippen molar-refractivity contribution >= 4 is 17.0 Å². The van der Waals surface area contributed by atoms with Crippen LogP contribution in [0.25, 0.3) is 11.0 Å². The third-order valence-electron chi connectivity index (χ3n) is 9.14. The Hall–Kier alpha value is -4.33. The Balaban J connectivity index is 1.06. The molecule has 2 aromatic carbocycles. The van der Waals surface area contributed by atoms with E-state index in [1.54, 1.807) is 30.3 Å². The molecule has 220 valence electrons. The number of nitriles is 1. The molecular weight excluding hydrogens is 549 g/mol. The van der Waals surface area contributed by atoms with Crippen LogP contribution < -0.4 is 4.74 Å². The second-order valence-electron chi connectivity index (χ2n) is 11.7. The standard InChI is InChI=1S/C33H32FN5O4/c34-26-16-21(18-35)4-5-24(26)20-43-30-3-1-2-27(36-30)22-8-13-38(14-9-22)33(11-12-33)32-37-28-7-6-23(31(40)41)17-29(28)39(32)19-25-10-15-42-25/h1-7,16-17,22,25H,8-15,19-20H2,(H,40,41). The van der Waals surface area contributed by atoms with Gasteiger partial charge in [0.25, 0.3) is 0 Å². The molecule has 2 aromatic heterocycles. The minimum atomic E-state index is -0.941. The van der Waals surface area contributed by atoms with E-state index >= 15 is 0 Å². The Morgan fingerprint density at radius 2 is 1.93 bits per heavy atom. The van der Waals surface area contributed by atoms with Gasteiger partial charge in [0.15, 0.2) is 0 Å². The molecule has 1 saturated carbocycles. The zero-order valence-corrected chi connectivity index (χ0v) is 23.7.